The van der Waals surface area contributed by atoms with E-state index in [1.54, 1.807) is 36.1 Å². The molecule has 5 rings (SSSR count). The first-order valence-electron chi connectivity index (χ1n) is 12.7. The summed E-state index contributed by atoms with van der Waals surface area (Å²) in [5, 5.41) is 11.7. The van der Waals surface area contributed by atoms with Gasteiger partial charge in [0.2, 0.25) is 5.91 Å². The van der Waals surface area contributed by atoms with Crippen LogP contribution in [-0.2, 0) is 17.8 Å². The van der Waals surface area contributed by atoms with E-state index < -0.39 is 11.2 Å². The van der Waals surface area contributed by atoms with Gasteiger partial charge in [-0.05, 0) is 56.9 Å². The molecule has 2 atom stereocenters. The van der Waals surface area contributed by atoms with Gasteiger partial charge in [0.1, 0.15) is 23.8 Å². The van der Waals surface area contributed by atoms with Crippen LogP contribution in [0.15, 0.2) is 45.6 Å². The summed E-state index contributed by atoms with van der Waals surface area (Å²) in [6.07, 6.45) is 4.40. The van der Waals surface area contributed by atoms with E-state index in [-0.39, 0.29) is 30.7 Å². The first-order chi connectivity index (χ1) is 17.3. The van der Waals surface area contributed by atoms with Crippen LogP contribution >= 0.6 is 0 Å². The third-order valence-corrected chi connectivity index (χ3v) is 8.10. The van der Waals surface area contributed by atoms with Gasteiger partial charge in [0.25, 0.3) is 0 Å². The number of likely N-dealkylation sites (tertiary alicyclic amines) is 1. The van der Waals surface area contributed by atoms with E-state index in [9.17, 15) is 19.1 Å². The van der Waals surface area contributed by atoms with Crippen molar-refractivity contribution >= 4 is 16.9 Å². The maximum Gasteiger partial charge on any atom is 0.340 e. The molecule has 7 heteroatoms. The minimum Gasteiger partial charge on any atom is -0.488 e. The summed E-state index contributed by atoms with van der Waals surface area (Å²) in [5.41, 5.74) is 1.37. The van der Waals surface area contributed by atoms with Crippen LogP contribution in [-0.4, -0.2) is 34.6 Å². The molecule has 1 aromatic heterocycles. The van der Waals surface area contributed by atoms with Crippen LogP contribution in [0.4, 0.5) is 4.39 Å². The fourth-order valence-corrected chi connectivity index (χ4v) is 5.76. The second-order valence-electron chi connectivity index (χ2n) is 10.3. The van der Waals surface area contributed by atoms with Gasteiger partial charge in [-0.2, -0.15) is 0 Å². The van der Waals surface area contributed by atoms with E-state index in [0.717, 1.165) is 31.1 Å². The molecule has 3 aromatic rings. The normalized spacial score (nSPS) is 21.9. The predicted octanol–water partition coefficient (Wildman–Crippen LogP) is 4.82. The SMILES string of the molecule is Cc1c(CC(=O)N2CC[C@]3(O)CCCC[C@H]3C2)c(=O)oc2c(C)c(OCc3ccccc3F)ccc12. The molecule has 0 spiro atoms. The number of rotatable bonds is 5. The molecule has 36 heavy (non-hydrogen) atoms. The van der Waals surface area contributed by atoms with Crippen molar-refractivity contribution < 1.29 is 23.4 Å². The molecule has 6 nitrogen and oxygen atoms in total. The van der Waals surface area contributed by atoms with Crippen LogP contribution in [0, 0.1) is 25.6 Å². The molecule has 2 aliphatic rings. The van der Waals surface area contributed by atoms with Crippen LogP contribution in [0.25, 0.3) is 11.0 Å². The number of piperidine rings is 1. The lowest BCUT2D eigenvalue weighted by Crippen LogP contribution is -2.55. The molecular formula is C29H32FNO5. The topological polar surface area (TPSA) is 80.0 Å². The molecule has 2 fully saturated rings. The van der Waals surface area contributed by atoms with Crippen LogP contribution < -0.4 is 10.4 Å². The highest BCUT2D eigenvalue weighted by molar-refractivity contribution is 5.87. The van der Waals surface area contributed by atoms with Crippen LogP contribution in [0.2, 0.25) is 0 Å². The van der Waals surface area contributed by atoms with Gasteiger partial charge in [0.15, 0.2) is 0 Å². The van der Waals surface area contributed by atoms with E-state index in [4.69, 9.17) is 9.15 Å². The van der Waals surface area contributed by atoms with E-state index in [1.165, 1.54) is 6.07 Å². The highest BCUT2D eigenvalue weighted by atomic mass is 19.1. The molecular weight excluding hydrogens is 461 g/mol. The van der Waals surface area contributed by atoms with Crippen molar-refractivity contribution in [3.8, 4) is 5.75 Å². The Morgan fingerprint density at radius 2 is 1.97 bits per heavy atom. The van der Waals surface area contributed by atoms with Crippen molar-refractivity contribution in [1.29, 1.82) is 0 Å². The number of carbonyl (C=O) groups is 1. The molecule has 1 saturated heterocycles. The fraction of sp³-hybridized carbons (Fsp3) is 0.448. The summed E-state index contributed by atoms with van der Waals surface area (Å²) in [6, 6.07) is 10.0. The van der Waals surface area contributed by atoms with Gasteiger partial charge in [0, 0.05) is 35.5 Å². The van der Waals surface area contributed by atoms with Crippen LogP contribution in [0.1, 0.15) is 54.4 Å². The van der Waals surface area contributed by atoms with Gasteiger partial charge in [-0.1, -0.05) is 31.0 Å². The number of amides is 1. The standard InChI is InChI=1S/C29H32FNO5/c1-18-22-10-11-25(35-17-20-7-3-4-9-24(20)30)19(2)27(22)36-28(33)23(18)15-26(32)31-14-13-29(34)12-6-5-8-21(29)16-31/h3-4,7,9-11,21,34H,5-6,8,12-17H2,1-2H3/t21-,29+/m0/s1. The van der Waals surface area contributed by atoms with Gasteiger partial charge in [0.05, 0.1) is 17.6 Å². The van der Waals surface area contributed by atoms with E-state index in [2.05, 4.69) is 0 Å². The lowest BCUT2D eigenvalue weighted by molar-refractivity contribution is -0.142. The monoisotopic (exact) mass is 493 g/mol. The molecule has 1 aliphatic carbocycles. The zero-order valence-corrected chi connectivity index (χ0v) is 20.8. The van der Waals surface area contributed by atoms with Crippen LogP contribution in [0.3, 0.4) is 0 Å². The maximum absolute atomic E-state index is 14.0. The number of benzene rings is 2. The molecule has 2 heterocycles. The predicted molar refractivity (Wildman–Crippen MR) is 134 cm³/mol. The summed E-state index contributed by atoms with van der Waals surface area (Å²) in [4.78, 5) is 27.9. The third kappa shape index (κ3) is 4.52. The number of nitrogens with zero attached hydrogens (tertiary/aromatic N) is 1. The highest BCUT2D eigenvalue weighted by Gasteiger charge is 2.43. The van der Waals surface area contributed by atoms with Gasteiger partial charge < -0.3 is 19.2 Å². The van der Waals surface area contributed by atoms with E-state index in [0.29, 0.717) is 53.1 Å². The number of hydrogen-bond acceptors (Lipinski definition) is 5. The molecule has 190 valence electrons. The van der Waals surface area contributed by atoms with E-state index >= 15 is 0 Å². The zero-order chi connectivity index (χ0) is 25.4. The largest absolute Gasteiger partial charge is 0.488 e. The van der Waals surface area contributed by atoms with Crippen molar-refractivity contribution in [2.24, 2.45) is 5.92 Å². The Balaban J connectivity index is 1.35. The number of aliphatic hydroxyl groups is 1. The summed E-state index contributed by atoms with van der Waals surface area (Å²) >= 11 is 0. The first kappa shape index (κ1) is 24.5. The fourth-order valence-electron chi connectivity index (χ4n) is 5.76. The van der Waals surface area contributed by atoms with Crippen molar-refractivity contribution in [2.45, 2.75) is 64.6 Å². The molecule has 0 bridgehead atoms. The highest BCUT2D eigenvalue weighted by Crippen LogP contribution is 2.40. The number of halogens is 1. The van der Waals surface area contributed by atoms with E-state index in [1.807, 2.05) is 13.0 Å². The Hall–Kier alpha value is -3.19. The summed E-state index contributed by atoms with van der Waals surface area (Å²) < 4.78 is 25.5. The molecule has 0 radical (unpaired) electrons. The maximum atomic E-state index is 14.0. The Morgan fingerprint density at radius 3 is 2.78 bits per heavy atom. The number of aryl methyl sites for hydroxylation is 2. The van der Waals surface area contributed by atoms with Gasteiger partial charge in [-0.3, -0.25) is 4.79 Å². The lowest BCUT2D eigenvalue weighted by Gasteiger charge is -2.47. The third-order valence-electron chi connectivity index (χ3n) is 8.10. The zero-order valence-electron chi connectivity index (χ0n) is 20.8. The molecule has 1 saturated carbocycles. The molecule has 1 N–H and O–H groups in total. The Bertz CT molecular complexity index is 1370. The quantitative estimate of drug-likeness (QED) is 0.516. The minimum atomic E-state index is -0.656. The number of ether oxygens (including phenoxy) is 1. The summed E-state index contributed by atoms with van der Waals surface area (Å²) in [5.74, 6) is 0.155. The van der Waals surface area contributed by atoms with Gasteiger partial charge in [-0.15, -0.1) is 0 Å². The van der Waals surface area contributed by atoms with Crippen molar-refractivity contribution in [1.82, 2.24) is 4.90 Å². The van der Waals surface area contributed by atoms with Gasteiger partial charge in [-0.25, -0.2) is 9.18 Å². The van der Waals surface area contributed by atoms with Gasteiger partial charge >= 0.3 is 5.63 Å². The second kappa shape index (κ2) is 9.69. The van der Waals surface area contributed by atoms with Crippen molar-refractivity contribution in [3.63, 3.8) is 0 Å². The lowest BCUT2D eigenvalue weighted by atomic mass is 9.71. The minimum absolute atomic E-state index is 0.0279. The average molecular weight is 494 g/mol. The van der Waals surface area contributed by atoms with Crippen LogP contribution in [0.5, 0.6) is 5.75 Å². The first-order valence-corrected chi connectivity index (χ1v) is 12.7. The van der Waals surface area contributed by atoms with Crippen molar-refractivity contribution in [3.05, 3.63) is 74.9 Å². The number of carbonyl (C=O) groups excluding carboxylic acids is 1. The second-order valence-corrected chi connectivity index (χ2v) is 10.3. The number of fused-ring (bicyclic) bond motifs is 2. The Labute approximate surface area is 209 Å². The molecule has 0 unspecified atom stereocenters. The number of hydrogen-bond donors (Lipinski definition) is 1. The molecule has 2 aromatic carbocycles. The summed E-state index contributed by atoms with van der Waals surface area (Å²) in [6.45, 7) is 4.73. The molecule has 1 aliphatic heterocycles. The molecule has 1 amide bonds. The smallest absolute Gasteiger partial charge is 0.340 e. The summed E-state index contributed by atoms with van der Waals surface area (Å²) in [7, 11) is 0. The van der Waals surface area contributed by atoms with Crippen molar-refractivity contribution in [2.75, 3.05) is 13.1 Å². The Morgan fingerprint density at radius 1 is 1.17 bits per heavy atom. The average Bonchev–Trinajstić information content (AvgIpc) is 2.86. The Kier molecular flexibility index (Phi) is 6.60.